The summed E-state index contributed by atoms with van der Waals surface area (Å²) in [6.07, 6.45) is 0. The van der Waals surface area contributed by atoms with Crippen molar-refractivity contribution in [1.29, 1.82) is 0 Å². The maximum Gasteiger partial charge on any atom is 0.111 e. The molecule has 6 heavy (non-hydrogen) atoms. The normalized spacial score (nSPS) is 34.5. The van der Waals surface area contributed by atoms with Crippen LogP contribution in [0.2, 0.25) is 0 Å². The highest BCUT2D eigenvalue weighted by Crippen LogP contribution is 2.08. The van der Waals surface area contributed by atoms with Gasteiger partial charge in [0.2, 0.25) is 0 Å². The molecule has 1 rings (SSSR count). The van der Waals surface area contributed by atoms with Crippen LogP contribution in [0.4, 0.5) is 0 Å². The van der Waals surface area contributed by atoms with Crippen molar-refractivity contribution in [1.82, 2.24) is 5.09 Å². The SMILES string of the molecule is ClC1CN=PN1. The smallest absolute Gasteiger partial charge is 0.111 e. The first-order chi connectivity index (χ1) is 2.89. The van der Waals surface area contributed by atoms with Gasteiger partial charge in [-0.1, -0.05) is 0 Å². The summed E-state index contributed by atoms with van der Waals surface area (Å²) in [5, 5.41) is 2.89. The van der Waals surface area contributed by atoms with Gasteiger partial charge in [-0.3, -0.25) is 4.74 Å². The van der Waals surface area contributed by atoms with Crippen molar-refractivity contribution in [2.75, 3.05) is 6.54 Å². The van der Waals surface area contributed by atoms with E-state index >= 15 is 0 Å². The third-order valence-electron chi connectivity index (χ3n) is 0.510. The third kappa shape index (κ3) is 0.904. The quantitative estimate of drug-likeness (QED) is 0.291. The number of nitrogens with zero attached hydrogens (tertiary/aromatic N) is 1. The molecule has 0 saturated heterocycles. The zero-order chi connectivity index (χ0) is 4.41. The Kier molecular flexibility index (Phi) is 1.41. The molecule has 4 heteroatoms. The molecule has 0 aromatic carbocycles. The number of hydrogen-bond donors (Lipinski definition) is 1. The topological polar surface area (TPSA) is 24.4 Å². The molecular weight excluding hydrogens is 118 g/mol. The van der Waals surface area contributed by atoms with Gasteiger partial charge in [-0.15, -0.1) is 11.6 Å². The molecule has 1 heterocycles. The van der Waals surface area contributed by atoms with Crippen LogP contribution in [0.5, 0.6) is 0 Å². The largest absolute Gasteiger partial charge is 0.250 e. The Morgan fingerprint density at radius 2 is 2.83 bits per heavy atom. The van der Waals surface area contributed by atoms with Crippen LogP contribution >= 0.6 is 20.1 Å². The fourth-order valence-electron chi connectivity index (χ4n) is 0.257. The van der Waals surface area contributed by atoms with E-state index in [4.69, 9.17) is 11.6 Å². The lowest BCUT2D eigenvalue weighted by atomic mass is 10.7. The summed E-state index contributed by atoms with van der Waals surface area (Å²) in [6.45, 7) is 0.753. The summed E-state index contributed by atoms with van der Waals surface area (Å²) in [5.74, 6) is 0. The van der Waals surface area contributed by atoms with Gasteiger partial charge in [0, 0.05) is 0 Å². The first-order valence-electron chi connectivity index (χ1n) is 1.65. The van der Waals surface area contributed by atoms with Gasteiger partial charge in [0.05, 0.1) is 15.1 Å². The van der Waals surface area contributed by atoms with Crippen molar-refractivity contribution in [3.63, 3.8) is 0 Å². The van der Waals surface area contributed by atoms with Gasteiger partial charge in [0.25, 0.3) is 0 Å². The zero-order valence-electron chi connectivity index (χ0n) is 3.06. The van der Waals surface area contributed by atoms with Crippen molar-refractivity contribution in [3.8, 4) is 0 Å². The summed E-state index contributed by atoms with van der Waals surface area (Å²) in [4.78, 5) is 0. The lowest BCUT2D eigenvalue weighted by Gasteiger charge is -1.88. The van der Waals surface area contributed by atoms with Crippen LogP contribution in [0, 0.1) is 0 Å². The predicted octanol–water partition coefficient (Wildman–Crippen LogP) is 1.20. The molecule has 2 nitrogen and oxygen atoms in total. The van der Waals surface area contributed by atoms with Gasteiger partial charge in [-0.05, 0) is 0 Å². The molecule has 0 saturated carbocycles. The molecule has 1 aliphatic heterocycles. The van der Waals surface area contributed by atoms with E-state index in [0.717, 1.165) is 15.1 Å². The van der Waals surface area contributed by atoms with Crippen molar-refractivity contribution in [2.45, 2.75) is 5.50 Å². The highest BCUT2D eigenvalue weighted by Gasteiger charge is 2.03. The molecular formula is C2H4ClN2P. The Morgan fingerprint density at radius 3 is 3.00 bits per heavy atom. The summed E-state index contributed by atoms with van der Waals surface area (Å²) in [7, 11) is 0.929. The van der Waals surface area contributed by atoms with E-state index in [0.29, 0.717) is 0 Å². The molecule has 1 N–H and O–H groups in total. The summed E-state index contributed by atoms with van der Waals surface area (Å²) in [6, 6.07) is 0. The van der Waals surface area contributed by atoms with Crippen LogP contribution in [-0.2, 0) is 0 Å². The fraction of sp³-hybridized carbons (Fsp3) is 1.00. The highest BCUT2D eigenvalue weighted by molar-refractivity contribution is 7.24. The van der Waals surface area contributed by atoms with E-state index < -0.39 is 0 Å². The molecule has 0 aromatic rings. The van der Waals surface area contributed by atoms with Crippen molar-refractivity contribution in [3.05, 3.63) is 0 Å². The Bertz CT molecular complexity index is 65.9. The molecule has 34 valence electrons. The predicted molar refractivity (Wildman–Crippen MR) is 27.0 cm³/mol. The Morgan fingerprint density at radius 1 is 2.00 bits per heavy atom. The Balaban J connectivity index is 2.32. The van der Waals surface area contributed by atoms with E-state index in [1.807, 2.05) is 0 Å². The second kappa shape index (κ2) is 1.87. The molecule has 0 spiro atoms. The lowest BCUT2D eigenvalue weighted by molar-refractivity contribution is 0.891. The van der Waals surface area contributed by atoms with Crippen molar-refractivity contribution in [2.24, 2.45) is 4.74 Å². The summed E-state index contributed by atoms with van der Waals surface area (Å²) in [5.41, 5.74) is 0.0895. The van der Waals surface area contributed by atoms with E-state index in [9.17, 15) is 0 Å². The van der Waals surface area contributed by atoms with Gasteiger partial charge in [0.1, 0.15) is 5.50 Å². The first-order valence-corrected chi connectivity index (χ1v) is 2.94. The zero-order valence-corrected chi connectivity index (χ0v) is 4.71. The molecule has 0 fully saturated rings. The van der Waals surface area contributed by atoms with E-state index in [1.54, 1.807) is 0 Å². The summed E-state index contributed by atoms with van der Waals surface area (Å²) < 4.78 is 3.89. The molecule has 0 radical (unpaired) electrons. The standard InChI is InChI=1S/C2H4ClN2P/c3-2-1-4-6-5-2/h2H,1H2,(H,4,5). The van der Waals surface area contributed by atoms with Crippen LogP contribution in [0.3, 0.4) is 0 Å². The Labute approximate surface area is 42.8 Å². The average Bonchev–Trinajstić information content (AvgIpc) is 1.86. The molecule has 0 amide bonds. The van der Waals surface area contributed by atoms with E-state index in [2.05, 4.69) is 9.83 Å². The maximum absolute atomic E-state index is 5.50. The molecule has 1 aliphatic rings. The third-order valence-corrected chi connectivity index (χ3v) is 1.64. The summed E-state index contributed by atoms with van der Waals surface area (Å²) >= 11 is 5.50. The first kappa shape index (κ1) is 4.51. The van der Waals surface area contributed by atoms with Crippen LogP contribution in [0.1, 0.15) is 0 Å². The van der Waals surface area contributed by atoms with Gasteiger partial charge in [-0.2, -0.15) is 0 Å². The monoisotopic (exact) mass is 122 g/mol. The maximum atomic E-state index is 5.50. The van der Waals surface area contributed by atoms with Crippen molar-refractivity contribution >= 4 is 20.1 Å². The fourth-order valence-corrected chi connectivity index (χ4v) is 1.09. The molecule has 0 aliphatic carbocycles. The highest BCUT2D eigenvalue weighted by atomic mass is 35.5. The molecule has 0 bridgehead atoms. The minimum absolute atomic E-state index is 0.0895. The van der Waals surface area contributed by atoms with Crippen LogP contribution < -0.4 is 5.09 Å². The number of rotatable bonds is 0. The second-order valence-corrected chi connectivity index (χ2v) is 2.29. The minimum atomic E-state index is 0.0895. The van der Waals surface area contributed by atoms with Gasteiger partial charge >= 0.3 is 0 Å². The van der Waals surface area contributed by atoms with Gasteiger partial charge < -0.3 is 0 Å². The van der Waals surface area contributed by atoms with E-state index in [1.165, 1.54) is 0 Å². The number of hydrogen-bond acceptors (Lipinski definition) is 2. The average molecular weight is 122 g/mol. The molecule has 1 atom stereocenters. The van der Waals surface area contributed by atoms with Crippen LogP contribution in [0.15, 0.2) is 4.74 Å². The number of nitrogens with one attached hydrogen (secondary N) is 1. The lowest BCUT2D eigenvalue weighted by Crippen LogP contribution is -2.10. The van der Waals surface area contributed by atoms with Gasteiger partial charge in [0.15, 0.2) is 0 Å². The minimum Gasteiger partial charge on any atom is -0.250 e. The molecule has 1 unspecified atom stereocenters. The molecule has 0 aromatic heterocycles. The van der Waals surface area contributed by atoms with Crippen LogP contribution in [0.25, 0.3) is 0 Å². The number of alkyl halides is 1. The van der Waals surface area contributed by atoms with Crippen molar-refractivity contribution < 1.29 is 0 Å². The van der Waals surface area contributed by atoms with Gasteiger partial charge in [-0.25, -0.2) is 5.09 Å². The van der Waals surface area contributed by atoms with E-state index in [-0.39, 0.29) is 5.50 Å². The Hall–Kier alpha value is 0.350. The second-order valence-electron chi connectivity index (χ2n) is 1.02. The number of halogens is 1. The van der Waals surface area contributed by atoms with Crippen LogP contribution in [-0.4, -0.2) is 12.0 Å².